The fraction of sp³-hybridized carbons (Fsp3) is 0.500. The Kier molecular flexibility index (Phi) is 6.33. The second kappa shape index (κ2) is 7.52. The van der Waals surface area contributed by atoms with Gasteiger partial charge in [0.2, 0.25) is 5.91 Å². The summed E-state index contributed by atoms with van der Waals surface area (Å²) in [5.74, 6) is -0.200. The Labute approximate surface area is 116 Å². The smallest absolute Gasteiger partial charge is 0.222 e. The number of hydrogen-bond acceptors (Lipinski definition) is 1. The number of halogens is 2. The van der Waals surface area contributed by atoms with Crippen molar-refractivity contribution < 1.29 is 9.18 Å². The summed E-state index contributed by atoms with van der Waals surface area (Å²) in [5, 5.41) is 0. The van der Waals surface area contributed by atoms with E-state index in [1.165, 1.54) is 6.07 Å². The molecule has 0 fully saturated rings. The quantitative estimate of drug-likeness (QED) is 0.723. The molecule has 1 rings (SSSR count). The van der Waals surface area contributed by atoms with Crippen LogP contribution in [0.5, 0.6) is 0 Å². The molecule has 0 aromatic heterocycles. The zero-order valence-corrected chi connectivity index (χ0v) is 12.5. The average Bonchev–Trinajstić information content (AvgIpc) is 2.34. The lowest BCUT2D eigenvalue weighted by Gasteiger charge is -2.17. The SMILES string of the molecule is CCCCCC(=O)N(C)Cc1cc(Br)ccc1F. The Bertz CT molecular complexity index is 409. The highest BCUT2D eigenvalue weighted by Gasteiger charge is 2.11. The minimum absolute atomic E-state index is 0.0721. The zero-order chi connectivity index (χ0) is 13.5. The third-order valence-electron chi connectivity index (χ3n) is 2.84. The van der Waals surface area contributed by atoms with Crippen molar-refractivity contribution in [1.29, 1.82) is 0 Å². The maximum atomic E-state index is 13.5. The highest BCUT2D eigenvalue weighted by Crippen LogP contribution is 2.17. The van der Waals surface area contributed by atoms with Gasteiger partial charge in [0.05, 0.1) is 0 Å². The van der Waals surface area contributed by atoms with E-state index in [4.69, 9.17) is 0 Å². The van der Waals surface area contributed by atoms with E-state index in [1.54, 1.807) is 24.1 Å². The molecule has 0 aliphatic heterocycles. The van der Waals surface area contributed by atoms with Gasteiger partial charge in [-0.2, -0.15) is 0 Å². The van der Waals surface area contributed by atoms with Crippen molar-refractivity contribution in [1.82, 2.24) is 4.90 Å². The number of carbonyl (C=O) groups excluding carboxylic acids is 1. The average molecular weight is 316 g/mol. The topological polar surface area (TPSA) is 20.3 Å². The summed E-state index contributed by atoms with van der Waals surface area (Å²) in [6, 6.07) is 4.78. The van der Waals surface area contributed by atoms with E-state index in [1.807, 2.05) is 0 Å². The lowest BCUT2D eigenvalue weighted by Crippen LogP contribution is -2.26. The van der Waals surface area contributed by atoms with Crippen LogP contribution in [0.2, 0.25) is 0 Å². The fourth-order valence-corrected chi connectivity index (χ4v) is 2.13. The summed E-state index contributed by atoms with van der Waals surface area (Å²) >= 11 is 3.30. The van der Waals surface area contributed by atoms with Gasteiger partial charge in [-0.1, -0.05) is 35.7 Å². The third-order valence-corrected chi connectivity index (χ3v) is 3.33. The number of hydrogen-bond donors (Lipinski definition) is 0. The Morgan fingerprint density at radius 2 is 2.11 bits per heavy atom. The molecule has 1 amide bonds. The van der Waals surface area contributed by atoms with Gasteiger partial charge in [0.15, 0.2) is 0 Å². The van der Waals surface area contributed by atoms with Crippen LogP contribution in [-0.4, -0.2) is 17.9 Å². The molecule has 1 aromatic carbocycles. The van der Waals surface area contributed by atoms with E-state index in [-0.39, 0.29) is 11.7 Å². The minimum Gasteiger partial charge on any atom is -0.341 e. The van der Waals surface area contributed by atoms with Crippen LogP contribution in [-0.2, 0) is 11.3 Å². The van der Waals surface area contributed by atoms with Crippen LogP contribution in [0.15, 0.2) is 22.7 Å². The molecule has 1 aromatic rings. The molecule has 0 heterocycles. The number of amides is 1. The molecule has 0 spiro atoms. The van der Waals surface area contributed by atoms with E-state index < -0.39 is 0 Å². The van der Waals surface area contributed by atoms with Gasteiger partial charge < -0.3 is 4.90 Å². The molecule has 0 atom stereocenters. The largest absolute Gasteiger partial charge is 0.341 e. The van der Waals surface area contributed by atoms with E-state index in [2.05, 4.69) is 22.9 Å². The Morgan fingerprint density at radius 3 is 2.78 bits per heavy atom. The summed E-state index contributed by atoms with van der Waals surface area (Å²) in [6.07, 6.45) is 3.60. The standard InChI is InChI=1S/C14H19BrFNO/c1-3-4-5-6-14(18)17(2)10-11-9-12(15)7-8-13(11)16/h7-9H,3-6,10H2,1-2H3. The van der Waals surface area contributed by atoms with Gasteiger partial charge in [-0.3, -0.25) is 4.79 Å². The molecule has 0 saturated carbocycles. The van der Waals surface area contributed by atoms with Crippen LogP contribution >= 0.6 is 15.9 Å². The highest BCUT2D eigenvalue weighted by molar-refractivity contribution is 9.10. The third kappa shape index (κ3) is 4.77. The van der Waals surface area contributed by atoms with Crippen LogP contribution in [0.3, 0.4) is 0 Å². The van der Waals surface area contributed by atoms with E-state index >= 15 is 0 Å². The van der Waals surface area contributed by atoms with E-state index in [9.17, 15) is 9.18 Å². The number of unbranched alkanes of at least 4 members (excludes halogenated alkanes) is 2. The van der Waals surface area contributed by atoms with Crippen molar-refractivity contribution in [2.75, 3.05) is 7.05 Å². The predicted molar refractivity (Wildman–Crippen MR) is 74.7 cm³/mol. The molecule has 2 nitrogen and oxygen atoms in total. The van der Waals surface area contributed by atoms with Crippen LogP contribution in [0.4, 0.5) is 4.39 Å². The first-order valence-electron chi connectivity index (χ1n) is 6.22. The molecule has 0 aliphatic carbocycles. The summed E-state index contributed by atoms with van der Waals surface area (Å²) < 4.78 is 14.4. The molecule has 0 N–H and O–H groups in total. The molecule has 0 bridgehead atoms. The lowest BCUT2D eigenvalue weighted by atomic mass is 10.1. The van der Waals surface area contributed by atoms with Crippen LogP contribution in [0.25, 0.3) is 0 Å². The number of rotatable bonds is 6. The molecule has 100 valence electrons. The van der Waals surface area contributed by atoms with Crippen molar-refractivity contribution in [3.63, 3.8) is 0 Å². The summed E-state index contributed by atoms with van der Waals surface area (Å²) in [5.41, 5.74) is 0.538. The second-order valence-electron chi connectivity index (χ2n) is 4.44. The molecule has 18 heavy (non-hydrogen) atoms. The predicted octanol–water partition coefficient (Wildman–Crippen LogP) is 4.13. The number of nitrogens with zero attached hydrogens (tertiary/aromatic N) is 1. The normalized spacial score (nSPS) is 10.4. The van der Waals surface area contributed by atoms with Crippen molar-refractivity contribution >= 4 is 21.8 Å². The molecule has 0 radical (unpaired) electrons. The molecule has 4 heteroatoms. The monoisotopic (exact) mass is 315 g/mol. The van der Waals surface area contributed by atoms with E-state index in [0.717, 1.165) is 23.7 Å². The van der Waals surface area contributed by atoms with Gasteiger partial charge in [0.25, 0.3) is 0 Å². The van der Waals surface area contributed by atoms with Gasteiger partial charge >= 0.3 is 0 Å². The first-order valence-corrected chi connectivity index (χ1v) is 7.01. The highest BCUT2D eigenvalue weighted by atomic mass is 79.9. The van der Waals surface area contributed by atoms with Gasteiger partial charge in [0.1, 0.15) is 5.82 Å². The molecule has 0 saturated heterocycles. The Hall–Kier alpha value is -0.900. The van der Waals surface area contributed by atoms with Gasteiger partial charge in [0, 0.05) is 30.0 Å². The summed E-state index contributed by atoms with van der Waals surface area (Å²) in [6.45, 7) is 2.42. The van der Waals surface area contributed by atoms with Crippen LogP contribution in [0, 0.1) is 5.82 Å². The summed E-state index contributed by atoms with van der Waals surface area (Å²) in [4.78, 5) is 13.4. The lowest BCUT2D eigenvalue weighted by molar-refractivity contribution is -0.130. The van der Waals surface area contributed by atoms with Gasteiger partial charge in [-0.15, -0.1) is 0 Å². The molecule has 0 aliphatic rings. The van der Waals surface area contributed by atoms with E-state index in [0.29, 0.717) is 18.5 Å². The van der Waals surface area contributed by atoms with Crippen molar-refractivity contribution in [3.8, 4) is 0 Å². The van der Waals surface area contributed by atoms with Crippen molar-refractivity contribution in [2.24, 2.45) is 0 Å². The maximum Gasteiger partial charge on any atom is 0.222 e. The number of carbonyl (C=O) groups is 1. The first-order chi connectivity index (χ1) is 8.54. The van der Waals surface area contributed by atoms with Crippen molar-refractivity contribution in [3.05, 3.63) is 34.1 Å². The summed E-state index contributed by atoms with van der Waals surface area (Å²) in [7, 11) is 1.72. The molecule has 0 unspecified atom stereocenters. The Balaban J connectivity index is 2.55. The fourth-order valence-electron chi connectivity index (χ4n) is 1.73. The zero-order valence-electron chi connectivity index (χ0n) is 10.9. The molecular weight excluding hydrogens is 297 g/mol. The first kappa shape index (κ1) is 15.2. The molecular formula is C14H19BrFNO. The Morgan fingerprint density at radius 1 is 1.39 bits per heavy atom. The maximum absolute atomic E-state index is 13.5. The van der Waals surface area contributed by atoms with Gasteiger partial charge in [-0.25, -0.2) is 4.39 Å². The van der Waals surface area contributed by atoms with Crippen LogP contribution in [0.1, 0.15) is 38.2 Å². The number of benzene rings is 1. The van der Waals surface area contributed by atoms with Crippen LogP contribution < -0.4 is 0 Å². The van der Waals surface area contributed by atoms with Crippen molar-refractivity contribution in [2.45, 2.75) is 39.2 Å². The minimum atomic E-state index is -0.272. The van der Waals surface area contributed by atoms with Gasteiger partial charge in [-0.05, 0) is 24.6 Å². The second-order valence-corrected chi connectivity index (χ2v) is 5.36.